The van der Waals surface area contributed by atoms with Crippen LogP contribution < -0.4 is 5.56 Å². The highest BCUT2D eigenvalue weighted by Gasteiger charge is 2.18. The highest BCUT2D eigenvalue weighted by atomic mass is 19.1. The van der Waals surface area contributed by atoms with E-state index in [1.165, 1.54) is 34.9 Å². The standard InChI is InChI=1S/C20H17F2NO2/c21-17-6-1-14(2-7-17)20(15-3-8-18(22)9-4-15)16-5-10-19(25)23(13-16)11-12-24/h1-10,13,20,24H,11-12H2. The van der Waals surface area contributed by atoms with Crippen LogP contribution in [0.3, 0.4) is 0 Å². The Morgan fingerprint density at radius 1 is 0.800 bits per heavy atom. The summed E-state index contributed by atoms with van der Waals surface area (Å²) in [6.45, 7) is 0.0351. The fourth-order valence-corrected chi connectivity index (χ4v) is 2.89. The second-order valence-electron chi connectivity index (χ2n) is 5.75. The minimum Gasteiger partial charge on any atom is -0.395 e. The molecule has 1 aromatic heterocycles. The molecule has 0 aliphatic carbocycles. The number of halogens is 2. The van der Waals surface area contributed by atoms with Gasteiger partial charge in [-0.25, -0.2) is 8.78 Å². The van der Waals surface area contributed by atoms with E-state index in [2.05, 4.69) is 0 Å². The van der Waals surface area contributed by atoms with Gasteiger partial charge < -0.3 is 9.67 Å². The molecule has 1 N–H and O–H groups in total. The number of pyridine rings is 1. The van der Waals surface area contributed by atoms with Gasteiger partial charge in [0.05, 0.1) is 6.61 Å². The summed E-state index contributed by atoms with van der Waals surface area (Å²) in [4.78, 5) is 11.9. The van der Waals surface area contributed by atoms with Crippen LogP contribution in [0.15, 0.2) is 71.7 Å². The van der Waals surface area contributed by atoms with E-state index in [1.54, 1.807) is 36.5 Å². The van der Waals surface area contributed by atoms with E-state index in [0.29, 0.717) is 0 Å². The number of aliphatic hydroxyl groups is 1. The Kier molecular flexibility index (Phi) is 5.05. The molecule has 0 amide bonds. The first-order valence-electron chi connectivity index (χ1n) is 7.90. The molecule has 25 heavy (non-hydrogen) atoms. The molecule has 2 aromatic carbocycles. The topological polar surface area (TPSA) is 42.2 Å². The van der Waals surface area contributed by atoms with Crippen molar-refractivity contribution >= 4 is 0 Å². The van der Waals surface area contributed by atoms with Crippen LogP contribution in [0.1, 0.15) is 22.6 Å². The zero-order chi connectivity index (χ0) is 17.8. The maximum atomic E-state index is 13.3. The second kappa shape index (κ2) is 7.40. The Bertz CT molecular complexity index is 857. The first-order chi connectivity index (χ1) is 12.1. The number of aliphatic hydroxyl groups excluding tert-OH is 1. The summed E-state index contributed by atoms with van der Waals surface area (Å²) in [5, 5.41) is 9.13. The maximum absolute atomic E-state index is 13.3. The monoisotopic (exact) mass is 341 g/mol. The summed E-state index contributed by atoms with van der Waals surface area (Å²) >= 11 is 0. The number of hydrogen-bond acceptors (Lipinski definition) is 2. The van der Waals surface area contributed by atoms with Gasteiger partial charge in [0.2, 0.25) is 0 Å². The fraction of sp³-hybridized carbons (Fsp3) is 0.150. The largest absolute Gasteiger partial charge is 0.395 e. The van der Waals surface area contributed by atoms with Crippen LogP contribution in [0.5, 0.6) is 0 Å². The van der Waals surface area contributed by atoms with Crippen LogP contribution in [-0.2, 0) is 6.54 Å². The lowest BCUT2D eigenvalue weighted by molar-refractivity contribution is 0.274. The van der Waals surface area contributed by atoms with Crippen molar-refractivity contribution in [2.45, 2.75) is 12.5 Å². The first kappa shape index (κ1) is 17.0. The van der Waals surface area contributed by atoms with Crippen molar-refractivity contribution in [1.29, 1.82) is 0 Å². The molecule has 0 aliphatic heterocycles. The third kappa shape index (κ3) is 3.83. The third-order valence-electron chi connectivity index (χ3n) is 4.09. The molecule has 0 aliphatic rings. The van der Waals surface area contributed by atoms with Crippen molar-refractivity contribution in [3.05, 3.63) is 106 Å². The summed E-state index contributed by atoms with van der Waals surface area (Å²) in [5.41, 5.74) is 2.23. The van der Waals surface area contributed by atoms with Crippen LogP contribution in [0, 0.1) is 11.6 Å². The van der Waals surface area contributed by atoms with Gasteiger partial charge in [-0.15, -0.1) is 0 Å². The van der Waals surface area contributed by atoms with Crippen molar-refractivity contribution in [3.63, 3.8) is 0 Å². The summed E-state index contributed by atoms with van der Waals surface area (Å²) < 4.78 is 28.0. The smallest absolute Gasteiger partial charge is 0.250 e. The van der Waals surface area contributed by atoms with Crippen molar-refractivity contribution in [3.8, 4) is 0 Å². The maximum Gasteiger partial charge on any atom is 0.250 e. The van der Waals surface area contributed by atoms with E-state index in [4.69, 9.17) is 5.11 Å². The van der Waals surface area contributed by atoms with Crippen molar-refractivity contribution in [2.75, 3.05) is 6.61 Å². The number of rotatable bonds is 5. The lowest BCUT2D eigenvalue weighted by Gasteiger charge is -2.20. The number of hydrogen-bond donors (Lipinski definition) is 1. The lowest BCUT2D eigenvalue weighted by Crippen LogP contribution is -2.21. The second-order valence-corrected chi connectivity index (χ2v) is 5.75. The molecule has 3 aromatic rings. The molecule has 0 unspecified atom stereocenters. The van der Waals surface area contributed by atoms with E-state index in [-0.39, 0.29) is 36.3 Å². The van der Waals surface area contributed by atoms with Gasteiger partial charge in [0, 0.05) is 24.7 Å². The summed E-state index contributed by atoms with van der Waals surface area (Å²) in [5.74, 6) is -0.967. The zero-order valence-electron chi connectivity index (χ0n) is 13.4. The van der Waals surface area contributed by atoms with Gasteiger partial charge in [0.1, 0.15) is 11.6 Å². The molecule has 0 saturated heterocycles. The number of nitrogens with zero attached hydrogens (tertiary/aromatic N) is 1. The molecule has 1 heterocycles. The average Bonchev–Trinajstić information content (AvgIpc) is 2.61. The molecule has 0 radical (unpaired) electrons. The van der Waals surface area contributed by atoms with Crippen LogP contribution in [-0.4, -0.2) is 16.3 Å². The molecule has 3 rings (SSSR count). The van der Waals surface area contributed by atoms with E-state index in [9.17, 15) is 13.6 Å². The van der Waals surface area contributed by atoms with Gasteiger partial charge in [-0.1, -0.05) is 30.3 Å². The van der Waals surface area contributed by atoms with Crippen molar-refractivity contribution < 1.29 is 13.9 Å². The van der Waals surface area contributed by atoms with Gasteiger partial charge >= 0.3 is 0 Å². The summed E-state index contributed by atoms with van der Waals surface area (Å²) in [6.07, 6.45) is 1.68. The van der Waals surface area contributed by atoms with Crippen LogP contribution in [0.2, 0.25) is 0 Å². The van der Waals surface area contributed by atoms with Gasteiger partial charge in [-0.3, -0.25) is 4.79 Å². The van der Waals surface area contributed by atoms with Crippen LogP contribution >= 0.6 is 0 Å². The van der Waals surface area contributed by atoms with Gasteiger partial charge in [-0.2, -0.15) is 0 Å². The highest BCUT2D eigenvalue weighted by molar-refractivity contribution is 5.42. The summed E-state index contributed by atoms with van der Waals surface area (Å²) in [6, 6.07) is 15.3. The van der Waals surface area contributed by atoms with Crippen LogP contribution in [0.4, 0.5) is 8.78 Å². The quantitative estimate of drug-likeness (QED) is 0.774. The Morgan fingerprint density at radius 2 is 1.28 bits per heavy atom. The third-order valence-corrected chi connectivity index (χ3v) is 4.09. The van der Waals surface area contributed by atoms with E-state index < -0.39 is 0 Å². The van der Waals surface area contributed by atoms with E-state index in [0.717, 1.165) is 16.7 Å². The Labute approximate surface area is 143 Å². The van der Waals surface area contributed by atoms with E-state index >= 15 is 0 Å². The molecule has 0 spiro atoms. The van der Waals surface area contributed by atoms with E-state index in [1.807, 2.05) is 0 Å². The Hall–Kier alpha value is -2.79. The molecular weight excluding hydrogens is 324 g/mol. The number of aromatic nitrogens is 1. The molecule has 5 heteroatoms. The molecular formula is C20H17F2NO2. The zero-order valence-corrected chi connectivity index (χ0v) is 13.4. The fourth-order valence-electron chi connectivity index (χ4n) is 2.89. The van der Waals surface area contributed by atoms with Crippen molar-refractivity contribution in [1.82, 2.24) is 4.57 Å². The van der Waals surface area contributed by atoms with Gasteiger partial charge in [0.25, 0.3) is 5.56 Å². The Balaban J connectivity index is 2.14. The molecule has 0 bridgehead atoms. The molecule has 0 atom stereocenters. The minimum atomic E-state index is -0.341. The predicted molar refractivity (Wildman–Crippen MR) is 91.5 cm³/mol. The minimum absolute atomic E-state index is 0.152. The van der Waals surface area contributed by atoms with Gasteiger partial charge in [0.15, 0.2) is 0 Å². The average molecular weight is 341 g/mol. The normalized spacial score (nSPS) is 11.0. The number of benzene rings is 2. The van der Waals surface area contributed by atoms with Crippen LogP contribution in [0.25, 0.3) is 0 Å². The Morgan fingerprint density at radius 3 is 1.76 bits per heavy atom. The SMILES string of the molecule is O=c1ccc(C(c2ccc(F)cc2)c2ccc(F)cc2)cn1CCO. The highest BCUT2D eigenvalue weighted by Crippen LogP contribution is 2.31. The molecule has 128 valence electrons. The molecule has 0 saturated carbocycles. The van der Waals surface area contributed by atoms with Crippen molar-refractivity contribution in [2.24, 2.45) is 0 Å². The predicted octanol–water partition coefficient (Wildman–Crippen LogP) is 3.30. The molecule has 3 nitrogen and oxygen atoms in total. The lowest BCUT2D eigenvalue weighted by atomic mass is 9.86. The first-order valence-corrected chi connectivity index (χ1v) is 7.90. The summed E-state index contributed by atoms with van der Waals surface area (Å²) in [7, 11) is 0. The molecule has 0 fully saturated rings. The van der Waals surface area contributed by atoms with Gasteiger partial charge in [-0.05, 0) is 41.0 Å².